The maximum atomic E-state index is 12.1. The van der Waals surface area contributed by atoms with Gasteiger partial charge in [0.1, 0.15) is 0 Å². The van der Waals surface area contributed by atoms with Crippen molar-refractivity contribution in [3.05, 3.63) is 6.42 Å². The molecule has 0 spiro atoms. The van der Waals surface area contributed by atoms with Crippen LogP contribution in [0.1, 0.15) is 12.8 Å². The van der Waals surface area contributed by atoms with Gasteiger partial charge in [-0.2, -0.15) is 0 Å². The van der Waals surface area contributed by atoms with Crippen LogP contribution in [0.5, 0.6) is 0 Å². The Bertz CT molecular complexity index is 218. The smallest absolute Gasteiger partial charge is 0.320 e. The second kappa shape index (κ2) is 4.84. The number of likely N-dealkylation sites (tertiary alicyclic amines) is 1. The molecule has 2 aliphatic rings. The number of amides is 2. The molecule has 0 atom stereocenters. The largest absolute Gasteiger partial charge is 0.325 e. The van der Waals surface area contributed by atoms with Gasteiger partial charge in [0.15, 0.2) is 0 Å². The molecule has 0 saturated carbocycles. The molecule has 2 fully saturated rings. The average molecular weight is 210 g/mol. The zero-order valence-electron chi connectivity index (χ0n) is 9.48. The Balaban J connectivity index is 1.84. The van der Waals surface area contributed by atoms with Crippen LogP contribution in [-0.4, -0.2) is 67.0 Å². The van der Waals surface area contributed by atoms with Gasteiger partial charge in [-0.05, 0) is 26.3 Å². The Morgan fingerprint density at radius 3 is 2.07 bits per heavy atom. The summed E-state index contributed by atoms with van der Waals surface area (Å²) in [7, 11) is 2.11. The molecule has 0 aromatic heterocycles. The van der Waals surface area contributed by atoms with Gasteiger partial charge in [-0.25, -0.2) is 4.79 Å². The Labute approximate surface area is 91.8 Å². The minimum Gasteiger partial charge on any atom is -0.325 e. The third-order valence-electron chi connectivity index (χ3n) is 3.25. The lowest BCUT2D eigenvalue weighted by molar-refractivity contribution is 0.119. The van der Waals surface area contributed by atoms with E-state index in [0.29, 0.717) is 0 Å². The van der Waals surface area contributed by atoms with E-state index < -0.39 is 0 Å². The van der Waals surface area contributed by atoms with Gasteiger partial charge in [0.05, 0.1) is 0 Å². The van der Waals surface area contributed by atoms with Crippen LogP contribution in [0, 0.1) is 6.42 Å². The van der Waals surface area contributed by atoms with Crippen LogP contribution in [0.3, 0.4) is 0 Å². The fourth-order valence-corrected chi connectivity index (χ4v) is 2.14. The lowest BCUT2D eigenvalue weighted by Crippen LogP contribution is -2.52. The molecule has 0 aliphatic carbocycles. The molecular weight excluding hydrogens is 190 g/mol. The number of hydrogen-bond acceptors (Lipinski definition) is 2. The first-order chi connectivity index (χ1) is 7.27. The van der Waals surface area contributed by atoms with Crippen LogP contribution in [-0.2, 0) is 0 Å². The van der Waals surface area contributed by atoms with Gasteiger partial charge in [-0.3, -0.25) is 0 Å². The first kappa shape index (κ1) is 10.7. The molecule has 85 valence electrons. The number of likely N-dealkylation sites (N-methyl/N-ethyl adjacent to an activating group) is 1. The number of urea groups is 1. The molecule has 0 aromatic carbocycles. The van der Waals surface area contributed by atoms with Crippen molar-refractivity contribution < 1.29 is 4.79 Å². The van der Waals surface area contributed by atoms with Crippen molar-refractivity contribution >= 4 is 6.03 Å². The summed E-state index contributed by atoms with van der Waals surface area (Å²) in [5, 5.41) is 0. The van der Waals surface area contributed by atoms with Crippen molar-refractivity contribution in [2.75, 3.05) is 46.3 Å². The Morgan fingerprint density at radius 1 is 0.933 bits per heavy atom. The van der Waals surface area contributed by atoms with Crippen LogP contribution in [0.15, 0.2) is 0 Å². The van der Waals surface area contributed by atoms with E-state index in [1.165, 1.54) is 0 Å². The molecule has 2 heterocycles. The highest BCUT2D eigenvalue weighted by Gasteiger charge is 2.24. The van der Waals surface area contributed by atoms with Gasteiger partial charge in [-0.1, -0.05) is 0 Å². The predicted molar refractivity (Wildman–Crippen MR) is 59.6 cm³/mol. The van der Waals surface area contributed by atoms with E-state index in [-0.39, 0.29) is 6.03 Å². The molecule has 2 rings (SSSR count). The quantitative estimate of drug-likeness (QED) is 0.587. The number of hydrogen-bond donors (Lipinski definition) is 0. The summed E-state index contributed by atoms with van der Waals surface area (Å²) in [6.45, 7) is 5.60. The maximum Gasteiger partial charge on any atom is 0.320 e. The summed E-state index contributed by atoms with van der Waals surface area (Å²) in [6.07, 6.45) is 4.38. The monoisotopic (exact) mass is 210 g/mol. The lowest BCUT2D eigenvalue weighted by atomic mass is 10.1. The van der Waals surface area contributed by atoms with Crippen LogP contribution in [0.4, 0.5) is 4.79 Å². The predicted octanol–water partition coefficient (Wildman–Crippen LogP) is 0.654. The highest BCUT2D eigenvalue weighted by atomic mass is 16.2. The van der Waals surface area contributed by atoms with E-state index in [1.54, 1.807) is 0 Å². The zero-order valence-corrected chi connectivity index (χ0v) is 9.48. The Kier molecular flexibility index (Phi) is 3.46. The fourth-order valence-electron chi connectivity index (χ4n) is 2.14. The van der Waals surface area contributed by atoms with Gasteiger partial charge in [0.25, 0.3) is 0 Å². The summed E-state index contributed by atoms with van der Waals surface area (Å²) in [6, 6.07) is 0.246. The molecule has 15 heavy (non-hydrogen) atoms. The van der Waals surface area contributed by atoms with Crippen LogP contribution in [0.25, 0.3) is 0 Å². The van der Waals surface area contributed by atoms with Gasteiger partial charge < -0.3 is 14.7 Å². The minimum atomic E-state index is 0.246. The normalized spacial score (nSPS) is 24.3. The van der Waals surface area contributed by atoms with E-state index in [2.05, 4.69) is 18.4 Å². The van der Waals surface area contributed by atoms with Crippen molar-refractivity contribution in [3.63, 3.8) is 0 Å². The van der Waals surface area contributed by atoms with E-state index >= 15 is 0 Å². The topological polar surface area (TPSA) is 26.8 Å². The number of rotatable bonds is 0. The van der Waals surface area contributed by atoms with Crippen molar-refractivity contribution in [2.45, 2.75) is 12.8 Å². The highest BCUT2D eigenvalue weighted by molar-refractivity contribution is 5.74. The van der Waals surface area contributed by atoms with Crippen LogP contribution in [0.2, 0.25) is 0 Å². The average Bonchev–Trinajstić information content (AvgIpc) is 2.30. The first-order valence-electron chi connectivity index (χ1n) is 5.81. The second-order valence-corrected chi connectivity index (χ2v) is 4.43. The number of carbonyl (C=O) groups is 1. The number of carbonyl (C=O) groups excluding carboxylic acids is 1. The third kappa shape index (κ3) is 2.62. The second-order valence-electron chi connectivity index (χ2n) is 4.43. The molecule has 1 radical (unpaired) electrons. The third-order valence-corrected chi connectivity index (χ3v) is 3.25. The van der Waals surface area contributed by atoms with Crippen molar-refractivity contribution in [3.8, 4) is 0 Å². The lowest BCUT2D eigenvalue weighted by Gasteiger charge is -2.37. The number of piperidine rings is 1. The summed E-state index contributed by atoms with van der Waals surface area (Å²) in [4.78, 5) is 18.3. The van der Waals surface area contributed by atoms with E-state index in [4.69, 9.17) is 0 Å². The standard InChI is InChI=1S/C11H20N3O/c1-12-7-9-14(10-8-12)11(15)13-5-3-2-4-6-13/h2H,3-10H2,1H3. The molecule has 0 N–H and O–H groups in total. The van der Waals surface area contributed by atoms with Crippen LogP contribution >= 0.6 is 0 Å². The minimum absolute atomic E-state index is 0.246. The Hall–Kier alpha value is -0.770. The Morgan fingerprint density at radius 2 is 1.47 bits per heavy atom. The number of nitrogens with zero attached hydrogens (tertiary/aromatic N) is 3. The van der Waals surface area contributed by atoms with Crippen LogP contribution < -0.4 is 0 Å². The molecule has 0 unspecified atom stereocenters. The van der Waals surface area contributed by atoms with Gasteiger partial charge in [0.2, 0.25) is 0 Å². The first-order valence-corrected chi connectivity index (χ1v) is 5.81. The summed E-state index contributed by atoms with van der Waals surface area (Å²) in [5.41, 5.74) is 0. The number of piperazine rings is 1. The molecule has 2 saturated heterocycles. The van der Waals surface area contributed by atoms with Crippen molar-refractivity contribution in [1.82, 2.24) is 14.7 Å². The van der Waals surface area contributed by atoms with Crippen molar-refractivity contribution in [1.29, 1.82) is 0 Å². The molecule has 2 amide bonds. The van der Waals surface area contributed by atoms with E-state index in [0.717, 1.165) is 52.1 Å². The highest BCUT2D eigenvalue weighted by Crippen LogP contribution is 2.11. The van der Waals surface area contributed by atoms with Gasteiger partial charge in [0, 0.05) is 39.3 Å². The zero-order chi connectivity index (χ0) is 10.7. The van der Waals surface area contributed by atoms with Gasteiger partial charge in [-0.15, -0.1) is 0 Å². The van der Waals surface area contributed by atoms with E-state index in [1.807, 2.05) is 9.80 Å². The molecule has 4 heteroatoms. The van der Waals surface area contributed by atoms with E-state index in [9.17, 15) is 4.79 Å². The summed E-state index contributed by atoms with van der Waals surface area (Å²) >= 11 is 0. The maximum absolute atomic E-state index is 12.1. The fraction of sp³-hybridized carbons (Fsp3) is 0.818. The molecule has 0 bridgehead atoms. The molecule has 2 aliphatic heterocycles. The molecule has 4 nitrogen and oxygen atoms in total. The molecular formula is C11H20N3O. The molecule has 0 aromatic rings. The summed E-state index contributed by atoms with van der Waals surface area (Å²) < 4.78 is 0. The summed E-state index contributed by atoms with van der Waals surface area (Å²) in [5.74, 6) is 0. The van der Waals surface area contributed by atoms with Crippen molar-refractivity contribution in [2.24, 2.45) is 0 Å². The van der Waals surface area contributed by atoms with Gasteiger partial charge >= 0.3 is 6.03 Å². The SMILES string of the molecule is CN1CCN(C(=O)N2CC[CH]CC2)CC1.